The van der Waals surface area contributed by atoms with Crippen LogP contribution >= 0.6 is 15.9 Å². The van der Waals surface area contributed by atoms with Gasteiger partial charge < -0.3 is 10.1 Å². The summed E-state index contributed by atoms with van der Waals surface area (Å²) >= 11 is 3.18. The number of halogens is 2. The zero-order chi connectivity index (χ0) is 14.7. The molecule has 1 N–H and O–H groups in total. The van der Waals surface area contributed by atoms with E-state index in [-0.39, 0.29) is 5.91 Å². The molecule has 0 aromatic heterocycles. The van der Waals surface area contributed by atoms with Crippen LogP contribution in [0, 0.1) is 12.7 Å². The summed E-state index contributed by atoms with van der Waals surface area (Å²) in [6.07, 6.45) is 0. The summed E-state index contributed by atoms with van der Waals surface area (Å²) in [6, 6.07) is 9.39. The lowest BCUT2D eigenvalue weighted by Gasteiger charge is -2.11. The second kappa shape index (κ2) is 6.05. The Morgan fingerprint density at radius 1 is 1.25 bits per heavy atom. The van der Waals surface area contributed by atoms with E-state index in [9.17, 15) is 9.18 Å². The van der Waals surface area contributed by atoms with Crippen molar-refractivity contribution in [3.05, 3.63) is 57.8 Å². The molecule has 0 bridgehead atoms. The van der Waals surface area contributed by atoms with E-state index in [0.29, 0.717) is 21.5 Å². The monoisotopic (exact) mass is 337 g/mol. The molecule has 0 spiro atoms. The topological polar surface area (TPSA) is 38.3 Å². The van der Waals surface area contributed by atoms with Crippen molar-refractivity contribution in [3.8, 4) is 5.75 Å². The second-order valence-corrected chi connectivity index (χ2v) is 5.14. The van der Waals surface area contributed by atoms with Crippen molar-refractivity contribution >= 4 is 27.5 Å². The lowest BCUT2D eigenvalue weighted by molar-refractivity contribution is 0.102. The molecule has 0 aliphatic rings. The normalized spacial score (nSPS) is 10.2. The number of aryl methyl sites for hydroxylation is 1. The number of hydrogen-bond acceptors (Lipinski definition) is 2. The van der Waals surface area contributed by atoms with Gasteiger partial charge in [0.2, 0.25) is 0 Å². The van der Waals surface area contributed by atoms with Gasteiger partial charge in [-0.2, -0.15) is 0 Å². The maximum atomic E-state index is 13.0. The van der Waals surface area contributed by atoms with Crippen LogP contribution < -0.4 is 10.1 Å². The van der Waals surface area contributed by atoms with Crippen molar-refractivity contribution in [3.63, 3.8) is 0 Å². The summed E-state index contributed by atoms with van der Waals surface area (Å²) in [4.78, 5) is 12.2. The van der Waals surface area contributed by atoms with Gasteiger partial charge in [-0.25, -0.2) is 4.39 Å². The highest BCUT2D eigenvalue weighted by Gasteiger charge is 2.13. The molecule has 0 unspecified atom stereocenters. The number of ether oxygens (including phenoxy) is 1. The molecule has 0 aliphatic carbocycles. The maximum absolute atomic E-state index is 13.0. The van der Waals surface area contributed by atoms with Gasteiger partial charge in [-0.05, 0) is 58.7 Å². The number of carbonyl (C=O) groups is 1. The van der Waals surface area contributed by atoms with E-state index >= 15 is 0 Å². The van der Waals surface area contributed by atoms with Gasteiger partial charge in [0.15, 0.2) is 0 Å². The molecule has 0 atom stereocenters. The van der Waals surface area contributed by atoms with Crippen LogP contribution in [0.5, 0.6) is 5.75 Å². The number of hydrogen-bond donors (Lipinski definition) is 1. The van der Waals surface area contributed by atoms with E-state index in [1.54, 1.807) is 6.07 Å². The summed E-state index contributed by atoms with van der Waals surface area (Å²) in [5.41, 5.74) is 1.95. The highest BCUT2D eigenvalue weighted by molar-refractivity contribution is 9.10. The first kappa shape index (κ1) is 14.5. The third kappa shape index (κ3) is 3.17. The van der Waals surface area contributed by atoms with Crippen LogP contribution in [0.25, 0.3) is 0 Å². The quantitative estimate of drug-likeness (QED) is 0.913. The van der Waals surface area contributed by atoms with Crippen LogP contribution in [0.4, 0.5) is 10.1 Å². The molecule has 0 heterocycles. The number of nitrogens with one attached hydrogen (secondary N) is 1. The van der Waals surface area contributed by atoms with E-state index < -0.39 is 5.82 Å². The van der Waals surface area contributed by atoms with E-state index in [1.807, 2.05) is 19.1 Å². The van der Waals surface area contributed by atoms with Crippen LogP contribution in [-0.4, -0.2) is 13.0 Å². The molecule has 2 aromatic carbocycles. The van der Waals surface area contributed by atoms with E-state index in [1.165, 1.54) is 25.3 Å². The van der Waals surface area contributed by atoms with Gasteiger partial charge in [-0.3, -0.25) is 4.79 Å². The number of amides is 1. The van der Waals surface area contributed by atoms with Gasteiger partial charge >= 0.3 is 0 Å². The third-order valence-electron chi connectivity index (χ3n) is 2.78. The Bertz CT molecular complexity index is 658. The number of methoxy groups -OCH3 is 1. The first-order valence-electron chi connectivity index (χ1n) is 5.92. The molecule has 0 saturated heterocycles. The van der Waals surface area contributed by atoms with Crippen LogP contribution in [0.1, 0.15) is 15.9 Å². The average Bonchev–Trinajstić information content (AvgIpc) is 2.40. The predicted octanol–water partition coefficient (Wildman–Crippen LogP) is 4.16. The third-order valence-corrected chi connectivity index (χ3v) is 3.44. The molecule has 5 heteroatoms. The highest BCUT2D eigenvalue weighted by atomic mass is 79.9. The summed E-state index contributed by atoms with van der Waals surface area (Å²) in [5, 5.41) is 2.75. The maximum Gasteiger partial charge on any atom is 0.256 e. The number of anilines is 1. The zero-order valence-electron chi connectivity index (χ0n) is 11.0. The summed E-state index contributed by atoms with van der Waals surface area (Å²) in [6.45, 7) is 1.94. The van der Waals surface area contributed by atoms with Gasteiger partial charge in [0, 0.05) is 4.47 Å². The van der Waals surface area contributed by atoms with Crippen LogP contribution in [0.3, 0.4) is 0 Å². The van der Waals surface area contributed by atoms with E-state index in [4.69, 9.17) is 4.74 Å². The SMILES string of the molecule is COc1cc(C)ccc1NC(=O)c1ccc(F)cc1Br. The van der Waals surface area contributed by atoms with Crippen LogP contribution in [0.15, 0.2) is 40.9 Å². The van der Waals surface area contributed by atoms with Gasteiger partial charge in [0.05, 0.1) is 18.4 Å². The van der Waals surface area contributed by atoms with Crippen LogP contribution in [0.2, 0.25) is 0 Å². The molecule has 0 aliphatic heterocycles. The Kier molecular flexibility index (Phi) is 4.39. The standard InChI is InChI=1S/C15H13BrFNO2/c1-9-3-6-13(14(7-9)20-2)18-15(19)11-5-4-10(17)8-12(11)16/h3-8H,1-2H3,(H,18,19). The molecule has 0 fully saturated rings. The molecule has 0 radical (unpaired) electrons. The molecule has 2 rings (SSSR count). The minimum atomic E-state index is -0.402. The number of benzene rings is 2. The first-order chi connectivity index (χ1) is 9.51. The Labute approximate surface area is 124 Å². The lowest BCUT2D eigenvalue weighted by atomic mass is 10.1. The minimum Gasteiger partial charge on any atom is -0.495 e. The van der Waals surface area contributed by atoms with Crippen molar-refractivity contribution in [2.75, 3.05) is 12.4 Å². The number of carbonyl (C=O) groups excluding carboxylic acids is 1. The van der Waals surface area contributed by atoms with E-state index in [0.717, 1.165) is 5.56 Å². The van der Waals surface area contributed by atoms with Crippen molar-refractivity contribution in [2.24, 2.45) is 0 Å². The average molecular weight is 338 g/mol. The zero-order valence-corrected chi connectivity index (χ0v) is 12.6. The van der Waals surface area contributed by atoms with Crippen molar-refractivity contribution in [1.29, 1.82) is 0 Å². The van der Waals surface area contributed by atoms with Gasteiger partial charge in [-0.15, -0.1) is 0 Å². The van der Waals surface area contributed by atoms with Gasteiger partial charge in [-0.1, -0.05) is 6.07 Å². The fraction of sp³-hybridized carbons (Fsp3) is 0.133. The van der Waals surface area contributed by atoms with E-state index in [2.05, 4.69) is 21.2 Å². The Morgan fingerprint density at radius 2 is 2.00 bits per heavy atom. The van der Waals surface area contributed by atoms with Crippen LogP contribution in [-0.2, 0) is 0 Å². The van der Waals surface area contributed by atoms with Gasteiger partial charge in [0.25, 0.3) is 5.91 Å². The highest BCUT2D eigenvalue weighted by Crippen LogP contribution is 2.27. The Balaban J connectivity index is 2.28. The smallest absolute Gasteiger partial charge is 0.256 e. The fourth-order valence-electron chi connectivity index (χ4n) is 1.76. The molecule has 2 aromatic rings. The molecule has 20 heavy (non-hydrogen) atoms. The Hall–Kier alpha value is -1.88. The first-order valence-corrected chi connectivity index (χ1v) is 6.71. The molecule has 0 saturated carbocycles. The largest absolute Gasteiger partial charge is 0.495 e. The molecular formula is C15H13BrFNO2. The molecule has 104 valence electrons. The molecule has 1 amide bonds. The predicted molar refractivity (Wildman–Crippen MR) is 79.8 cm³/mol. The van der Waals surface area contributed by atoms with Crippen molar-refractivity contribution < 1.29 is 13.9 Å². The minimum absolute atomic E-state index is 0.334. The number of rotatable bonds is 3. The second-order valence-electron chi connectivity index (χ2n) is 4.28. The Morgan fingerprint density at radius 3 is 2.65 bits per heavy atom. The van der Waals surface area contributed by atoms with Crippen molar-refractivity contribution in [2.45, 2.75) is 6.92 Å². The lowest BCUT2D eigenvalue weighted by Crippen LogP contribution is -2.13. The fourth-order valence-corrected chi connectivity index (χ4v) is 2.30. The molecule has 3 nitrogen and oxygen atoms in total. The summed E-state index contributed by atoms with van der Waals surface area (Å²) in [5.74, 6) is -0.156. The molecular weight excluding hydrogens is 325 g/mol. The summed E-state index contributed by atoms with van der Waals surface area (Å²) in [7, 11) is 1.54. The van der Waals surface area contributed by atoms with Crippen molar-refractivity contribution in [1.82, 2.24) is 0 Å². The van der Waals surface area contributed by atoms with Gasteiger partial charge in [0.1, 0.15) is 11.6 Å². The summed E-state index contributed by atoms with van der Waals surface area (Å²) < 4.78 is 18.6.